The second-order valence-corrected chi connectivity index (χ2v) is 3.64. The Morgan fingerprint density at radius 1 is 1.06 bits per heavy atom. The highest BCUT2D eigenvalue weighted by Gasteiger charge is 2.09. The summed E-state index contributed by atoms with van der Waals surface area (Å²) in [5.74, 6) is -0.679. The molecule has 0 unspecified atom stereocenters. The second-order valence-electron chi connectivity index (χ2n) is 3.64. The maximum atomic E-state index is 11.3. The van der Waals surface area contributed by atoms with Gasteiger partial charge in [-0.05, 0) is 26.7 Å². The van der Waals surface area contributed by atoms with Crippen molar-refractivity contribution in [3.63, 3.8) is 0 Å². The molecule has 0 amide bonds. The monoisotopic (exact) mass is 242 g/mol. The number of rotatable bonds is 8. The number of carbonyl (C=O) groups is 2. The summed E-state index contributed by atoms with van der Waals surface area (Å²) in [4.78, 5) is 22.6. The average molecular weight is 242 g/mol. The van der Waals surface area contributed by atoms with Crippen LogP contribution in [-0.2, 0) is 19.1 Å². The van der Waals surface area contributed by atoms with Gasteiger partial charge >= 0.3 is 11.9 Å². The van der Waals surface area contributed by atoms with E-state index in [0.29, 0.717) is 13.2 Å². The summed E-state index contributed by atoms with van der Waals surface area (Å²) in [7, 11) is 0. The van der Waals surface area contributed by atoms with Gasteiger partial charge in [0.15, 0.2) is 0 Å². The van der Waals surface area contributed by atoms with E-state index in [9.17, 15) is 9.59 Å². The van der Waals surface area contributed by atoms with E-state index in [4.69, 9.17) is 9.47 Å². The van der Waals surface area contributed by atoms with Gasteiger partial charge in [-0.25, -0.2) is 4.79 Å². The first-order valence-electron chi connectivity index (χ1n) is 6.15. The normalized spacial score (nSPS) is 11.1. The maximum absolute atomic E-state index is 11.3. The Hall–Kier alpha value is -1.32. The molecular weight excluding hydrogens is 220 g/mol. The molecule has 0 heterocycles. The molecule has 0 rings (SSSR count). The minimum Gasteiger partial charge on any atom is -0.466 e. The molecule has 0 aliphatic carbocycles. The van der Waals surface area contributed by atoms with Crippen molar-refractivity contribution >= 4 is 11.9 Å². The fourth-order valence-electron chi connectivity index (χ4n) is 1.36. The minimum absolute atomic E-state index is 0.173. The predicted molar refractivity (Wildman–Crippen MR) is 65.5 cm³/mol. The Bertz CT molecular complexity index is 269. The molecule has 0 aromatic heterocycles. The van der Waals surface area contributed by atoms with Crippen molar-refractivity contribution in [2.45, 2.75) is 46.5 Å². The van der Waals surface area contributed by atoms with Crippen LogP contribution in [0.4, 0.5) is 0 Å². The van der Waals surface area contributed by atoms with Crippen LogP contribution in [0.15, 0.2) is 11.6 Å². The summed E-state index contributed by atoms with van der Waals surface area (Å²) in [5, 5.41) is 0. The predicted octanol–water partition coefficient (Wildman–Crippen LogP) is 2.62. The lowest BCUT2D eigenvalue weighted by Gasteiger charge is -2.06. The topological polar surface area (TPSA) is 52.6 Å². The first-order chi connectivity index (χ1) is 8.13. The van der Waals surface area contributed by atoms with Crippen molar-refractivity contribution in [1.82, 2.24) is 0 Å². The zero-order valence-electron chi connectivity index (χ0n) is 11.0. The smallest absolute Gasteiger partial charge is 0.330 e. The Morgan fingerprint density at radius 2 is 1.71 bits per heavy atom. The van der Waals surface area contributed by atoms with E-state index in [0.717, 1.165) is 24.8 Å². The fourth-order valence-corrected chi connectivity index (χ4v) is 1.36. The van der Waals surface area contributed by atoms with Gasteiger partial charge in [-0.3, -0.25) is 4.79 Å². The summed E-state index contributed by atoms with van der Waals surface area (Å²) in [6.45, 7) is 6.28. The molecule has 0 N–H and O–H groups in total. The first kappa shape index (κ1) is 15.7. The van der Waals surface area contributed by atoms with Crippen molar-refractivity contribution in [2.24, 2.45) is 0 Å². The van der Waals surface area contributed by atoms with Gasteiger partial charge in [0, 0.05) is 6.08 Å². The summed E-state index contributed by atoms with van der Waals surface area (Å²) in [6, 6.07) is 0. The summed E-state index contributed by atoms with van der Waals surface area (Å²) in [6.07, 6.45) is 4.28. The number of ether oxygens (including phenoxy) is 2. The Kier molecular flexibility index (Phi) is 9.11. The highest BCUT2D eigenvalue weighted by molar-refractivity contribution is 5.84. The zero-order chi connectivity index (χ0) is 13.1. The van der Waals surface area contributed by atoms with Gasteiger partial charge < -0.3 is 9.47 Å². The van der Waals surface area contributed by atoms with Gasteiger partial charge in [0.05, 0.1) is 19.6 Å². The van der Waals surface area contributed by atoms with Crippen molar-refractivity contribution < 1.29 is 19.1 Å². The van der Waals surface area contributed by atoms with E-state index in [1.807, 2.05) is 0 Å². The molecule has 0 saturated heterocycles. The van der Waals surface area contributed by atoms with Crippen molar-refractivity contribution in [3.05, 3.63) is 11.6 Å². The molecule has 0 aliphatic rings. The van der Waals surface area contributed by atoms with Gasteiger partial charge in [-0.1, -0.05) is 18.9 Å². The standard InChI is InChI=1S/C13H22O4/c1-4-7-8-11(9-12(14)16-5-2)10-13(15)17-6-3/h9H,4-8,10H2,1-3H3/b11-9-. The highest BCUT2D eigenvalue weighted by Crippen LogP contribution is 2.13. The molecule has 0 aliphatic heterocycles. The molecule has 0 bridgehead atoms. The highest BCUT2D eigenvalue weighted by atomic mass is 16.5. The lowest BCUT2D eigenvalue weighted by Crippen LogP contribution is -2.08. The SMILES string of the molecule is CCCC/C(=C/C(=O)OCC)CC(=O)OCC. The molecule has 0 spiro atoms. The molecule has 0 atom stereocenters. The maximum Gasteiger partial charge on any atom is 0.330 e. The quantitative estimate of drug-likeness (QED) is 0.485. The third kappa shape index (κ3) is 8.48. The first-order valence-corrected chi connectivity index (χ1v) is 6.15. The Morgan fingerprint density at radius 3 is 2.24 bits per heavy atom. The van der Waals surface area contributed by atoms with Gasteiger partial charge in [-0.15, -0.1) is 0 Å². The third-order valence-electron chi connectivity index (χ3n) is 2.14. The van der Waals surface area contributed by atoms with Crippen LogP contribution in [0.2, 0.25) is 0 Å². The van der Waals surface area contributed by atoms with Crippen LogP contribution < -0.4 is 0 Å². The van der Waals surface area contributed by atoms with Crippen LogP contribution in [0.25, 0.3) is 0 Å². The molecule has 4 heteroatoms. The van der Waals surface area contributed by atoms with Crippen LogP contribution in [-0.4, -0.2) is 25.2 Å². The number of esters is 2. The fraction of sp³-hybridized carbons (Fsp3) is 0.692. The van der Waals surface area contributed by atoms with E-state index < -0.39 is 0 Å². The van der Waals surface area contributed by atoms with Crippen LogP contribution in [0.3, 0.4) is 0 Å². The molecule has 98 valence electrons. The number of hydrogen-bond acceptors (Lipinski definition) is 4. The largest absolute Gasteiger partial charge is 0.466 e. The Balaban J connectivity index is 4.40. The molecule has 4 nitrogen and oxygen atoms in total. The summed E-state index contributed by atoms with van der Waals surface area (Å²) < 4.78 is 9.69. The zero-order valence-corrected chi connectivity index (χ0v) is 11.0. The molecule has 0 aromatic carbocycles. The van der Waals surface area contributed by atoms with Crippen LogP contribution in [0.1, 0.15) is 46.5 Å². The molecule has 0 radical (unpaired) electrons. The van der Waals surface area contributed by atoms with Crippen LogP contribution in [0, 0.1) is 0 Å². The van der Waals surface area contributed by atoms with Crippen molar-refractivity contribution in [2.75, 3.05) is 13.2 Å². The lowest BCUT2D eigenvalue weighted by molar-refractivity contribution is -0.142. The van der Waals surface area contributed by atoms with Crippen molar-refractivity contribution in [1.29, 1.82) is 0 Å². The lowest BCUT2D eigenvalue weighted by atomic mass is 10.1. The average Bonchev–Trinajstić information content (AvgIpc) is 2.26. The third-order valence-corrected chi connectivity index (χ3v) is 2.14. The van der Waals surface area contributed by atoms with Crippen molar-refractivity contribution in [3.8, 4) is 0 Å². The second kappa shape index (κ2) is 9.87. The molecule has 0 fully saturated rings. The number of hydrogen-bond donors (Lipinski definition) is 0. The van der Waals surface area contributed by atoms with E-state index in [-0.39, 0.29) is 18.4 Å². The van der Waals surface area contributed by atoms with Crippen LogP contribution in [0.5, 0.6) is 0 Å². The minimum atomic E-state index is -0.386. The number of carbonyl (C=O) groups excluding carboxylic acids is 2. The van der Waals surface area contributed by atoms with Gasteiger partial charge in [0.1, 0.15) is 0 Å². The van der Waals surface area contributed by atoms with Gasteiger partial charge in [-0.2, -0.15) is 0 Å². The van der Waals surface area contributed by atoms with E-state index in [1.165, 1.54) is 6.08 Å². The van der Waals surface area contributed by atoms with E-state index >= 15 is 0 Å². The summed E-state index contributed by atoms with van der Waals surface area (Å²) in [5.41, 5.74) is 0.781. The molecule has 0 saturated carbocycles. The van der Waals surface area contributed by atoms with E-state index in [2.05, 4.69) is 6.92 Å². The molecule has 0 aromatic rings. The summed E-state index contributed by atoms with van der Waals surface area (Å²) >= 11 is 0. The van der Waals surface area contributed by atoms with Crippen LogP contribution >= 0.6 is 0 Å². The molecular formula is C13H22O4. The Labute approximate surface area is 103 Å². The van der Waals surface area contributed by atoms with Gasteiger partial charge in [0.2, 0.25) is 0 Å². The van der Waals surface area contributed by atoms with E-state index in [1.54, 1.807) is 13.8 Å². The van der Waals surface area contributed by atoms with Gasteiger partial charge in [0.25, 0.3) is 0 Å². The number of unbranched alkanes of at least 4 members (excludes halogenated alkanes) is 1. The molecule has 17 heavy (non-hydrogen) atoms.